The molecule has 5 heteroatoms. The Hall–Kier alpha value is -2.59. The van der Waals surface area contributed by atoms with Gasteiger partial charge in [-0.1, -0.05) is 47.5 Å². The predicted octanol–water partition coefficient (Wildman–Crippen LogP) is 4.85. The number of halogens is 1. The summed E-state index contributed by atoms with van der Waals surface area (Å²) < 4.78 is 5.17. The van der Waals surface area contributed by atoms with Crippen molar-refractivity contribution in [3.63, 3.8) is 0 Å². The molecule has 0 aromatic heterocycles. The van der Waals surface area contributed by atoms with Crippen molar-refractivity contribution < 1.29 is 14.3 Å². The largest absolute Gasteiger partial charge is 0.449 e. The molecule has 0 heterocycles. The zero-order valence-electron chi connectivity index (χ0n) is 15.3. The predicted molar refractivity (Wildman–Crippen MR) is 105 cm³/mol. The number of anilines is 1. The van der Waals surface area contributed by atoms with E-state index < -0.39 is 12.1 Å². The lowest BCUT2D eigenvalue weighted by Crippen LogP contribution is -2.30. The molecule has 1 amide bonds. The first-order chi connectivity index (χ1) is 12.3. The Morgan fingerprint density at radius 2 is 1.73 bits per heavy atom. The lowest BCUT2D eigenvalue weighted by Gasteiger charge is -2.16. The molecule has 2 rings (SSSR count). The van der Waals surface area contributed by atoms with Crippen LogP contribution in [-0.4, -0.2) is 18.0 Å². The third-order valence-electron chi connectivity index (χ3n) is 3.89. The van der Waals surface area contributed by atoms with Gasteiger partial charge in [-0.25, -0.2) is 4.79 Å². The standard InChI is InChI=1S/C21H22ClNO3/c1-13-11-14(2)20(15(3)12-13)23-21(25)16(4)26-19(24)10-9-17-7-5-6-8-18(17)22/h5-12,16H,1-4H3,(H,23,25)/b10-9+/t16-/m1/s1. The van der Waals surface area contributed by atoms with Crippen molar-refractivity contribution in [1.29, 1.82) is 0 Å². The fourth-order valence-corrected chi connectivity index (χ4v) is 2.84. The maximum absolute atomic E-state index is 12.3. The molecule has 0 fully saturated rings. The van der Waals surface area contributed by atoms with E-state index in [2.05, 4.69) is 5.32 Å². The molecule has 0 bridgehead atoms. The summed E-state index contributed by atoms with van der Waals surface area (Å²) >= 11 is 6.03. The van der Waals surface area contributed by atoms with E-state index in [-0.39, 0.29) is 5.91 Å². The van der Waals surface area contributed by atoms with Crippen LogP contribution in [0.2, 0.25) is 5.02 Å². The SMILES string of the molecule is Cc1cc(C)c(NC(=O)[C@@H](C)OC(=O)/C=C/c2ccccc2Cl)c(C)c1. The Morgan fingerprint density at radius 3 is 2.35 bits per heavy atom. The third-order valence-corrected chi connectivity index (χ3v) is 4.24. The van der Waals surface area contributed by atoms with E-state index in [9.17, 15) is 9.59 Å². The molecule has 0 saturated carbocycles. The highest BCUT2D eigenvalue weighted by molar-refractivity contribution is 6.32. The average molecular weight is 372 g/mol. The van der Waals surface area contributed by atoms with Crippen molar-refractivity contribution >= 4 is 35.2 Å². The molecular weight excluding hydrogens is 350 g/mol. The van der Waals surface area contributed by atoms with Crippen LogP contribution in [0.25, 0.3) is 6.08 Å². The summed E-state index contributed by atoms with van der Waals surface area (Å²) in [6.07, 6.45) is 1.90. The van der Waals surface area contributed by atoms with E-state index >= 15 is 0 Å². The Morgan fingerprint density at radius 1 is 1.12 bits per heavy atom. The van der Waals surface area contributed by atoms with E-state index in [0.29, 0.717) is 10.6 Å². The van der Waals surface area contributed by atoms with E-state index in [0.717, 1.165) is 22.4 Å². The van der Waals surface area contributed by atoms with Crippen LogP contribution in [0.4, 0.5) is 5.69 Å². The summed E-state index contributed by atoms with van der Waals surface area (Å²) in [5.74, 6) is -0.982. The van der Waals surface area contributed by atoms with Gasteiger partial charge in [0.2, 0.25) is 0 Å². The molecule has 0 aliphatic rings. The number of benzene rings is 2. The molecule has 0 spiro atoms. The molecular formula is C21H22ClNO3. The summed E-state index contributed by atoms with van der Waals surface area (Å²) in [5, 5.41) is 3.37. The summed E-state index contributed by atoms with van der Waals surface area (Å²) in [5.41, 5.74) is 4.51. The third kappa shape index (κ3) is 5.20. The van der Waals surface area contributed by atoms with Crippen LogP contribution in [0, 0.1) is 20.8 Å². The Labute approximate surface area is 158 Å². The van der Waals surface area contributed by atoms with E-state index in [1.54, 1.807) is 24.3 Å². The number of carbonyl (C=O) groups is 2. The number of rotatable bonds is 5. The highest BCUT2D eigenvalue weighted by Crippen LogP contribution is 2.22. The van der Waals surface area contributed by atoms with Crippen molar-refractivity contribution in [3.8, 4) is 0 Å². The van der Waals surface area contributed by atoms with Gasteiger partial charge in [-0.3, -0.25) is 4.79 Å². The first-order valence-corrected chi connectivity index (χ1v) is 8.67. The number of esters is 1. The number of carbonyl (C=O) groups excluding carboxylic acids is 2. The molecule has 1 atom stereocenters. The molecule has 0 aliphatic heterocycles. The van der Waals surface area contributed by atoms with Crippen LogP contribution in [0.15, 0.2) is 42.5 Å². The highest BCUT2D eigenvalue weighted by Gasteiger charge is 2.18. The zero-order valence-corrected chi connectivity index (χ0v) is 16.1. The summed E-state index contributed by atoms with van der Waals surface area (Å²) in [7, 11) is 0. The van der Waals surface area contributed by atoms with Crippen molar-refractivity contribution in [2.24, 2.45) is 0 Å². The number of hydrogen-bond acceptors (Lipinski definition) is 3. The molecule has 0 unspecified atom stereocenters. The van der Waals surface area contributed by atoms with Crippen LogP contribution < -0.4 is 5.32 Å². The number of nitrogens with one attached hydrogen (secondary N) is 1. The van der Waals surface area contributed by atoms with Crippen LogP contribution >= 0.6 is 11.6 Å². The molecule has 1 N–H and O–H groups in total. The molecule has 26 heavy (non-hydrogen) atoms. The van der Waals surface area contributed by atoms with Gasteiger partial charge in [0.25, 0.3) is 5.91 Å². The average Bonchev–Trinajstić information content (AvgIpc) is 2.57. The fraction of sp³-hybridized carbons (Fsp3) is 0.238. The minimum Gasteiger partial charge on any atom is -0.449 e. The van der Waals surface area contributed by atoms with Crippen molar-refractivity contribution in [3.05, 3.63) is 69.8 Å². The van der Waals surface area contributed by atoms with Gasteiger partial charge in [-0.2, -0.15) is 0 Å². The fourth-order valence-electron chi connectivity index (χ4n) is 2.64. The second-order valence-electron chi connectivity index (χ2n) is 6.20. The Bertz CT molecular complexity index is 835. The molecule has 4 nitrogen and oxygen atoms in total. The lowest BCUT2D eigenvalue weighted by molar-refractivity contribution is -0.148. The van der Waals surface area contributed by atoms with Crippen LogP contribution in [0.3, 0.4) is 0 Å². The van der Waals surface area contributed by atoms with Crippen molar-refractivity contribution in [1.82, 2.24) is 0 Å². The van der Waals surface area contributed by atoms with Crippen molar-refractivity contribution in [2.75, 3.05) is 5.32 Å². The maximum atomic E-state index is 12.3. The van der Waals surface area contributed by atoms with Gasteiger partial charge >= 0.3 is 5.97 Å². The van der Waals surface area contributed by atoms with Gasteiger partial charge in [0.15, 0.2) is 6.10 Å². The first kappa shape index (κ1) is 19.7. The van der Waals surface area contributed by atoms with E-state index in [1.165, 1.54) is 13.0 Å². The molecule has 0 radical (unpaired) electrons. The molecule has 136 valence electrons. The van der Waals surface area contributed by atoms with Gasteiger partial charge in [-0.05, 0) is 56.5 Å². The van der Waals surface area contributed by atoms with Crippen LogP contribution in [-0.2, 0) is 14.3 Å². The summed E-state index contributed by atoms with van der Waals surface area (Å²) in [6.45, 7) is 7.40. The van der Waals surface area contributed by atoms with Gasteiger partial charge in [-0.15, -0.1) is 0 Å². The van der Waals surface area contributed by atoms with Gasteiger partial charge in [0.05, 0.1) is 0 Å². The summed E-state index contributed by atoms with van der Waals surface area (Å²) in [4.78, 5) is 24.3. The normalized spacial score (nSPS) is 12.0. The topological polar surface area (TPSA) is 55.4 Å². The van der Waals surface area contributed by atoms with E-state index in [1.807, 2.05) is 39.0 Å². The number of amides is 1. The first-order valence-electron chi connectivity index (χ1n) is 8.30. The number of aryl methyl sites for hydroxylation is 3. The summed E-state index contributed by atoms with van der Waals surface area (Å²) in [6, 6.07) is 11.1. The molecule has 0 saturated heterocycles. The minimum absolute atomic E-state index is 0.375. The highest BCUT2D eigenvalue weighted by atomic mass is 35.5. The lowest BCUT2D eigenvalue weighted by atomic mass is 10.0. The quantitative estimate of drug-likeness (QED) is 0.603. The Balaban J connectivity index is 1.99. The van der Waals surface area contributed by atoms with Gasteiger partial charge in [0.1, 0.15) is 0 Å². The molecule has 2 aromatic carbocycles. The van der Waals surface area contributed by atoms with Gasteiger partial charge < -0.3 is 10.1 Å². The maximum Gasteiger partial charge on any atom is 0.331 e. The second-order valence-corrected chi connectivity index (χ2v) is 6.60. The van der Waals surface area contributed by atoms with Crippen molar-refractivity contribution in [2.45, 2.75) is 33.8 Å². The monoisotopic (exact) mass is 371 g/mol. The molecule has 0 aliphatic carbocycles. The number of ether oxygens (including phenoxy) is 1. The minimum atomic E-state index is -0.918. The number of hydrogen-bond donors (Lipinski definition) is 1. The smallest absolute Gasteiger partial charge is 0.331 e. The Kier molecular flexibility index (Phi) is 6.58. The van der Waals surface area contributed by atoms with Crippen LogP contribution in [0.1, 0.15) is 29.2 Å². The van der Waals surface area contributed by atoms with Gasteiger partial charge in [0, 0.05) is 16.8 Å². The van der Waals surface area contributed by atoms with E-state index in [4.69, 9.17) is 16.3 Å². The van der Waals surface area contributed by atoms with Crippen LogP contribution in [0.5, 0.6) is 0 Å². The molecule has 2 aromatic rings. The second kappa shape index (κ2) is 8.68. The zero-order chi connectivity index (χ0) is 19.3.